The summed E-state index contributed by atoms with van der Waals surface area (Å²) in [5.41, 5.74) is 5.25. The number of unbranched alkanes of at least 4 members (excludes halogenated alkanes) is 1. The molecular formula is C68H74N12O14. The van der Waals surface area contributed by atoms with Gasteiger partial charge in [0.25, 0.3) is 0 Å². The van der Waals surface area contributed by atoms with Crippen molar-refractivity contribution in [3.05, 3.63) is 203 Å². The highest BCUT2D eigenvalue weighted by molar-refractivity contribution is 6.07. The van der Waals surface area contributed by atoms with Crippen molar-refractivity contribution in [2.24, 2.45) is 9.98 Å². The zero-order chi connectivity index (χ0) is 66.3. The zero-order valence-electron chi connectivity index (χ0n) is 51.6. The van der Waals surface area contributed by atoms with Gasteiger partial charge in [-0.3, -0.25) is 39.4 Å². The van der Waals surface area contributed by atoms with Crippen LogP contribution in [0.4, 0.5) is 30.6 Å². The minimum Gasteiger partial charge on any atom is -0.444 e. The fraction of sp³-hybridized carbons (Fsp3) is 0.294. The van der Waals surface area contributed by atoms with E-state index in [0.717, 1.165) is 22.3 Å². The van der Waals surface area contributed by atoms with Crippen LogP contribution in [-0.4, -0.2) is 120 Å². The third-order valence-corrected chi connectivity index (χ3v) is 14.6. The number of likely N-dealkylation sites (tertiary alicyclic amines) is 2. The van der Waals surface area contributed by atoms with Crippen LogP contribution in [0.25, 0.3) is 0 Å². The Kier molecular flexibility index (Phi) is 26.5. The molecule has 26 heteroatoms. The highest BCUT2D eigenvalue weighted by atomic mass is 16.6. The van der Waals surface area contributed by atoms with Gasteiger partial charge in [-0.2, -0.15) is 0 Å². The van der Waals surface area contributed by atoms with E-state index < -0.39 is 48.3 Å². The van der Waals surface area contributed by atoms with Gasteiger partial charge in [0.2, 0.25) is 47.4 Å². The van der Waals surface area contributed by atoms with E-state index in [-0.39, 0.29) is 101 Å². The number of aliphatic imine (C=N–C) groups is 2. The van der Waals surface area contributed by atoms with Crippen molar-refractivity contribution in [2.45, 2.75) is 103 Å². The Morgan fingerprint density at radius 2 is 0.734 bits per heavy atom. The van der Waals surface area contributed by atoms with Crippen molar-refractivity contribution >= 4 is 83.1 Å². The number of hydrogen-bond acceptors (Lipinski definition) is 14. The first-order valence-corrected chi connectivity index (χ1v) is 30.6. The number of rotatable bonds is 25. The molecule has 8 rings (SSSR count). The van der Waals surface area contributed by atoms with Gasteiger partial charge in [0.05, 0.1) is 13.1 Å². The zero-order valence-corrected chi connectivity index (χ0v) is 51.6. The number of amides is 10. The number of carbonyl (C=O) groups excluding carboxylic acids is 10. The average Bonchev–Trinajstić information content (AvgIpc) is 1.09. The van der Waals surface area contributed by atoms with Crippen LogP contribution in [-0.2, 0) is 87.2 Å². The summed E-state index contributed by atoms with van der Waals surface area (Å²) < 4.78 is 21.2. The predicted octanol–water partition coefficient (Wildman–Crippen LogP) is 7.46. The minimum absolute atomic E-state index is 0.0258. The van der Waals surface area contributed by atoms with Gasteiger partial charge in [0, 0.05) is 50.4 Å². The monoisotopic (exact) mass is 1280 g/mol. The van der Waals surface area contributed by atoms with Crippen LogP contribution < -0.4 is 42.5 Å². The molecule has 0 aliphatic carbocycles. The average molecular weight is 1280 g/mol. The van der Waals surface area contributed by atoms with Crippen molar-refractivity contribution < 1.29 is 66.9 Å². The van der Waals surface area contributed by atoms with Crippen molar-refractivity contribution in [2.75, 3.05) is 36.8 Å². The molecule has 0 aromatic heterocycles. The van der Waals surface area contributed by atoms with Crippen LogP contribution in [0.5, 0.6) is 0 Å². The fourth-order valence-electron chi connectivity index (χ4n) is 9.68. The maximum atomic E-state index is 13.4. The normalized spacial score (nSPS) is 14.7. The highest BCUT2D eigenvalue weighted by Gasteiger charge is 2.32. The van der Waals surface area contributed by atoms with Crippen molar-refractivity contribution in [3.8, 4) is 0 Å². The standard InChI is InChI=1S/C68H74N12O14/c81-57(73-55-25-15-37-79(61(55)85)41-59(83)69-39-47-29-33-53(34-30-47)71-63(75-65(87)91-43-49-17-5-1-6-18-49)76-66(88)92-44-50-19-7-2-8-20-50)27-13-14-28-58(82)74-56-26-16-38-80(62(56)86)42-60(84)70-40-48-31-35-54(36-32-48)72-64(77-67(89)93-45-51-21-9-3-10-22-51)78-68(90)94-46-52-23-11-4-12-24-52/h1-12,17-24,29-36,55-56H,13-16,25-28,37-46H2,(H,69,83)(H,70,84)(H,73,81)(H,74,82)(H2,71,75,76,87,88)(H2,72,77,78,89,90). The molecule has 26 nitrogen and oxygen atoms in total. The van der Waals surface area contributed by atoms with Gasteiger partial charge in [-0.1, -0.05) is 146 Å². The summed E-state index contributed by atoms with van der Waals surface area (Å²) in [6, 6.07) is 47.8. The fourth-order valence-corrected chi connectivity index (χ4v) is 9.68. The molecule has 8 N–H and O–H groups in total. The molecule has 10 amide bonds. The van der Waals surface area contributed by atoms with E-state index in [4.69, 9.17) is 18.9 Å². The first-order valence-electron chi connectivity index (χ1n) is 30.6. The number of guanidine groups is 2. The van der Waals surface area contributed by atoms with E-state index >= 15 is 0 Å². The molecule has 2 aliphatic heterocycles. The number of nitrogens with one attached hydrogen (secondary N) is 8. The summed E-state index contributed by atoms with van der Waals surface area (Å²) in [6.07, 6.45) is -1.02. The van der Waals surface area contributed by atoms with Gasteiger partial charge in [-0.25, -0.2) is 19.2 Å². The summed E-state index contributed by atoms with van der Waals surface area (Å²) in [4.78, 5) is 141. The number of alkyl carbamates (subject to hydrolysis) is 2. The lowest BCUT2D eigenvalue weighted by Gasteiger charge is -2.32. The lowest BCUT2D eigenvalue weighted by atomic mass is 10.0. The van der Waals surface area contributed by atoms with Crippen molar-refractivity contribution in [1.82, 2.24) is 41.7 Å². The van der Waals surface area contributed by atoms with Crippen LogP contribution in [0.15, 0.2) is 180 Å². The van der Waals surface area contributed by atoms with E-state index in [2.05, 4.69) is 52.5 Å². The highest BCUT2D eigenvalue weighted by Crippen LogP contribution is 2.17. The molecule has 2 heterocycles. The van der Waals surface area contributed by atoms with Crippen molar-refractivity contribution in [1.29, 1.82) is 0 Å². The van der Waals surface area contributed by atoms with E-state index in [1.165, 1.54) is 9.80 Å². The van der Waals surface area contributed by atoms with Gasteiger partial charge in [0.1, 0.15) is 38.5 Å². The molecule has 0 bridgehead atoms. The largest absolute Gasteiger partial charge is 0.444 e. The molecular weight excluding hydrogens is 1210 g/mol. The van der Waals surface area contributed by atoms with Crippen LogP contribution in [0, 0.1) is 0 Å². The van der Waals surface area contributed by atoms with Gasteiger partial charge in [0.15, 0.2) is 0 Å². The molecule has 2 unspecified atom stereocenters. The lowest BCUT2D eigenvalue weighted by Crippen LogP contribution is -2.54. The van der Waals surface area contributed by atoms with Crippen LogP contribution in [0.3, 0.4) is 0 Å². The molecule has 0 spiro atoms. The Morgan fingerprint density at radius 1 is 0.404 bits per heavy atom. The van der Waals surface area contributed by atoms with Crippen LogP contribution in [0.2, 0.25) is 0 Å². The van der Waals surface area contributed by atoms with Crippen LogP contribution in [0.1, 0.15) is 84.7 Å². The third kappa shape index (κ3) is 24.1. The molecule has 94 heavy (non-hydrogen) atoms. The topological polar surface area (TPSA) is 335 Å². The Morgan fingerprint density at radius 3 is 1.07 bits per heavy atom. The van der Waals surface area contributed by atoms with Gasteiger partial charge >= 0.3 is 24.4 Å². The number of hydrogen-bond donors (Lipinski definition) is 8. The maximum absolute atomic E-state index is 13.4. The molecule has 2 fully saturated rings. The lowest BCUT2D eigenvalue weighted by molar-refractivity contribution is -0.142. The Hall–Kier alpha value is -11.4. The van der Waals surface area contributed by atoms with Crippen LogP contribution >= 0.6 is 0 Å². The maximum Gasteiger partial charge on any atom is 0.437 e. The van der Waals surface area contributed by atoms with Crippen molar-refractivity contribution in [3.63, 3.8) is 0 Å². The second-order valence-electron chi connectivity index (χ2n) is 21.8. The molecule has 490 valence electrons. The summed E-state index contributed by atoms with van der Waals surface area (Å²) in [6.45, 7) is 0.283. The summed E-state index contributed by atoms with van der Waals surface area (Å²) in [5, 5.41) is 21.8. The summed E-state index contributed by atoms with van der Waals surface area (Å²) in [7, 11) is 0. The van der Waals surface area contributed by atoms with E-state index in [1.54, 1.807) is 121 Å². The molecule has 0 radical (unpaired) electrons. The van der Waals surface area contributed by atoms with E-state index in [0.29, 0.717) is 74.1 Å². The van der Waals surface area contributed by atoms with Gasteiger partial charge in [-0.05, 0) is 96.2 Å². The number of ether oxygens (including phenoxy) is 4. The molecule has 2 saturated heterocycles. The smallest absolute Gasteiger partial charge is 0.437 e. The van der Waals surface area contributed by atoms with Gasteiger partial charge in [-0.15, -0.1) is 9.98 Å². The summed E-state index contributed by atoms with van der Waals surface area (Å²) >= 11 is 0. The minimum atomic E-state index is -0.964. The molecule has 2 atom stereocenters. The second kappa shape index (κ2) is 36.4. The number of piperidine rings is 2. The number of benzene rings is 6. The van der Waals surface area contributed by atoms with E-state index in [9.17, 15) is 47.9 Å². The third-order valence-electron chi connectivity index (χ3n) is 14.6. The number of nitrogens with zero attached hydrogens (tertiary/aromatic N) is 4. The predicted molar refractivity (Wildman–Crippen MR) is 345 cm³/mol. The molecule has 6 aromatic carbocycles. The Labute approximate surface area is 542 Å². The SMILES string of the molecule is O=C(CN1CCCC(NC(=O)CCCCC(=O)NC2CCCN(CC(=O)NCc3ccc(N/C(=N/C(=O)OCc4ccccc4)NC(=O)OCc4ccccc4)cc3)C2=O)C1=O)NCc1ccc(N/C(=N/C(=O)OCc2ccccc2)NC(=O)OCc2ccccc2)cc1. The molecule has 6 aromatic rings. The van der Waals surface area contributed by atoms with Gasteiger partial charge < -0.3 is 60.6 Å². The Bertz CT molecular complexity index is 3370. The second-order valence-corrected chi connectivity index (χ2v) is 21.8. The molecule has 0 saturated carbocycles. The number of carbonyl (C=O) groups is 10. The number of anilines is 2. The molecule has 2 aliphatic rings. The summed E-state index contributed by atoms with van der Waals surface area (Å²) in [5.74, 6) is -2.87. The van der Waals surface area contributed by atoms with E-state index in [1.807, 2.05) is 48.5 Å². The first kappa shape index (κ1) is 68.5. The quantitative estimate of drug-likeness (QED) is 0.0119. The Balaban J connectivity index is 0.703. The first-order chi connectivity index (χ1) is 45.7.